The lowest BCUT2D eigenvalue weighted by molar-refractivity contribution is -0.137. The lowest BCUT2D eigenvalue weighted by Gasteiger charge is -2.12. The molecule has 140 valence electrons. The van der Waals surface area contributed by atoms with Gasteiger partial charge in [-0.2, -0.15) is 18.3 Å². The first-order valence-electron chi connectivity index (χ1n) is 7.69. The Labute approximate surface area is 156 Å². The Morgan fingerprint density at radius 1 is 1.15 bits per heavy atom. The number of hydrogen-bond donors (Lipinski definition) is 1. The van der Waals surface area contributed by atoms with Crippen molar-refractivity contribution in [1.29, 1.82) is 0 Å². The molecule has 0 aliphatic heterocycles. The van der Waals surface area contributed by atoms with E-state index in [9.17, 15) is 22.4 Å². The quantitative estimate of drug-likeness (QED) is 0.639. The van der Waals surface area contributed by atoms with Gasteiger partial charge in [0.15, 0.2) is 5.82 Å². The molecule has 0 aliphatic rings. The molecular weight excluding hydrogens is 386 g/mol. The minimum Gasteiger partial charge on any atom is -0.326 e. The highest BCUT2D eigenvalue weighted by molar-refractivity contribution is 6.32. The number of benzene rings is 2. The van der Waals surface area contributed by atoms with E-state index in [1.165, 1.54) is 23.0 Å². The summed E-state index contributed by atoms with van der Waals surface area (Å²) in [4.78, 5) is 12.1. The first-order chi connectivity index (χ1) is 12.7. The molecule has 0 saturated carbocycles. The van der Waals surface area contributed by atoms with Crippen molar-refractivity contribution in [3.63, 3.8) is 0 Å². The molecule has 27 heavy (non-hydrogen) atoms. The van der Waals surface area contributed by atoms with Crippen LogP contribution in [0, 0.1) is 5.82 Å². The van der Waals surface area contributed by atoms with Crippen LogP contribution >= 0.6 is 11.6 Å². The Morgan fingerprint density at radius 2 is 1.85 bits per heavy atom. The first-order valence-corrected chi connectivity index (χ1v) is 8.07. The Bertz CT molecular complexity index is 967. The number of amides is 1. The molecule has 0 aliphatic carbocycles. The number of hydrogen-bond acceptors (Lipinski definition) is 2. The fourth-order valence-corrected chi connectivity index (χ4v) is 2.75. The maximum atomic E-state index is 13.0. The molecule has 0 unspecified atom stereocenters. The number of nitrogens with one attached hydrogen (secondary N) is 1. The van der Waals surface area contributed by atoms with Gasteiger partial charge in [-0.15, -0.1) is 0 Å². The summed E-state index contributed by atoms with van der Waals surface area (Å²) in [6.07, 6.45) is -2.64. The minimum absolute atomic E-state index is 0.0765. The van der Waals surface area contributed by atoms with Gasteiger partial charge in [0.1, 0.15) is 0 Å². The zero-order chi connectivity index (χ0) is 19.6. The van der Waals surface area contributed by atoms with Crippen LogP contribution in [0.15, 0.2) is 54.9 Å². The van der Waals surface area contributed by atoms with Gasteiger partial charge in [-0.1, -0.05) is 23.7 Å². The topological polar surface area (TPSA) is 46.9 Å². The van der Waals surface area contributed by atoms with Gasteiger partial charge in [-0.3, -0.25) is 4.79 Å². The zero-order valence-corrected chi connectivity index (χ0v) is 14.4. The number of rotatable bonds is 4. The summed E-state index contributed by atoms with van der Waals surface area (Å²) >= 11 is 5.79. The third kappa shape index (κ3) is 4.46. The maximum absolute atomic E-state index is 13.0. The van der Waals surface area contributed by atoms with Crippen LogP contribution in [0.1, 0.15) is 11.1 Å². The number of carbonyl (C=O) groups is 1. The highest BCUT2D eigenvalue weighted by Crippen LogP contribution is 2.36. The van der Waals surface area contributed by atoms with Crippen LogP contribution in [-0.2, 0) is 17.4 Å². The van der Waals surface area contributed by atoms with Gasteiger partial charge in [-0.25, -0.2) is 9.07 Å². The van der Waals surface area contributed by atoms with Gasteiger partial charge >= 0.3 is 6.18 Å². The first kappa shape index (κ1) is 18.9. The van der Waals surface area contributed by atoms with Gasteiger partial charge < -0.3 is 5.32 Å². The third-order valence-corrected chi connectivity index (χ3v) is 4.15. The number of aromatic nitrogens is 2. The smallest absolute Gasteiger partial charge is 0.326 e. The van der Waals surface area contributed by atoms with Gasteiger partial charge in [0, 0.05) is 5.69 Å². The van der Waals surface area contributed by atoms with Crippen LogP contribution in [0.3, 0.4) is 0 Å². The molecule has 0 spiro atoms. The Hall–Kier alpha value is -2.87. The molecule has 1 aromatic heterocycles. The molecule has 0 atom stereocenters. The molecule has 0 saturated heterocycles. The molecular formula is C18H12ClF4N3O. The SMILES string of the molecule is O=C(Cc1cccc(C(F)(F)F)c1Cl)Nc1ccc(-n2cc(F)cn2)cc1. The van der Waals surface area contributed by atoms with Crippen molar-refractivity contribution >= 4 is 23.2 Å². The van der Waals surface area contributed by atoms with E-state index in [0.29, 0.717) is 11.4 Å². The zero-order valence-electron chi connectivity index (χ0n) is 13.6. The lowest BCUT2D eigenvalue weighted by Crippen LogP contribution is -2.16. The molecule has 3 rings (SSSR count). The number of halogens is 5. The van der Waals surface area contributed by atoms with E-state index in [-0.39, 0.29) is 12.0 Å². The lowest BCUT2D eigenvalue weighted by atomic mass is 10.1. The number of nitrogens with zero attached hydrogens (tertiary/aromatic N) is 2. The van der Waals surface area contributed by atoms with Crippen molar-refractivity contribution in [2.24, 2.45) is 0 Å². The van der Waals surface area contributed by atoms with Crippen LogP contribution in [0.2, 0.25) is 5.02 Å². The summed E-state index contributed by atoms with van der Waals surface area (Å²) in [5, 5.41) is 5.91. The molecule has 0 radical (unpaired) electrons. The second-order valence-electron chi connectivity index (χ2n) is 5.65. The van der Waals surface area contributed by atoms with Gasteiger partial charge in [0.2, 0.25) is 5.91 Å². The predicted molar refractivity (Wildman–Crippen MR) is 92.3 cm³/mol. The van der Waals surface area contributed by atoms with E-state index >= 15 is 0 Å². The predicted octanol–water partition coefficient (Wildman–Crippen LogP) is 4.86. The second kappa shape index (κ2) is 7.40. The van der Waals surface area contributed by atoms with Gasteiger partial charge in [0.05, 0.1) is 35.1 Å². The number of alkyl halides is 3. The van der Waals surface area contributed by atoms with Gasteiger partial charge in [0.25, 0.3) is 0 Å². The van der Waals surface area contributed by atoms with Crippen LogP contribution in [0.25, 0.3) is 5.69 Å². The molecule has 0 bridgehead atoms. The fourth-order valence-electron chi connectivity index (χ4n) is 2.45. The standard InChI is InChI=1S/C18H12ClF4N3O/c19-17-11(2-1-3-15(17)18(21,22)23)8-16(27)25-13-4-6-14(7-5-13)26-10-12(20)9-24-26/h1-7,9-10H,8H2,(H,25,27). The van der Waals surface area contributed by atoms with Gasteiger partial charge in [-0.05, 0) is 35.9 Å². The summed E-state index contributed by atoms with van der Waals surface area (Å²) in [5.74, 6) is -1.00. The van der Waals surface area contributed by atoms with Crippen molar-refractivity contribution in [2.45, 2.75) is 12.6 Å². The molecule has 3 aromatic rings. The van der Waals surface area contributed by atoms with E-state index in [1.54, 1.807) is 24.3 Å². The summed E-state index contributed by atoms with van der Waals surface area (Å²) < 4.78 is 52.9. The highest BCUT2D eigenvalue weighted by Gasteiger charge is 2.33. The van der Waals surface area contributed by atoms with Crippen molar-refractivity contribution in [3.8, 4) is 5.69 Å². The number of anilines is 1. The molecule has 1 amide bonds. The minimum atomic E-state index is -4.59. The summed E-state index contributed by atoms with van der Waals surface area (Å²) in [6.45, 7) is 0. The van der Waals surface area contributed by atoms with Crippen molar-refractivity contribution in [2.75, 3.05) is 5.32 Å². The normalized spacial score (nSPS) is 11.4. The molecule has 0 fully saturated rings. The Morgan fingerprint density at radius 3 is 2.44 bits per heavy atom. The van der Waals surface area contributed by atoms with E-state index in [1.807, 2.05) is 0 Å². The monoisotopic (exact) mass is 397 g/mol. The van der Waals surface area contributed by atoms with E-state index in [2.05, 4.69) is 10.4 Å². The van der Waals surface area contributed by atoms with E-state index < -0.39 is 28.5 Å². The van der Waals surface area contributed by atoms with Crippen LogP contribution in [-0.4, -0.2) is 15.7 Å². The Kier molecular flexibility index (Phi) is 5.18. The van der Waals surface area contributed by atoms with Crippen LogP contribution < -0.4 is 5.32 Å². The third-order valence-electron chi connectivity index (χ3n) is 3.70. The number of carbonyl (C=O) groups excluding carboxylic acids is 1. The van der Waals surface area contributed by atoms with Crippen molar-refractivity contribution < 1.29 is 22.4 Å². The van der Waals surface area contributed by atoms with E-state index in [4.69, 9.17) is 11.6 Å². The maximum Gasteiger partial charge on any atom is 0.417 e. The summed E-state index contributed by atoms with van der Waals surface area (Å²) in [5.41, 5.74) is 0.107. The average Bonchev–Trinajstić information content (AvgIpc) is 3.03. The largest absolute Gasteiger partial charge is 0.417 e. The fraction of sp³-hybridized carbons (Fsp3) is 0.111. The van der Waals surface area contributed by atoms with Crippen LogP contribution in [0.5, 0.6) is 0 Å². The summed E-state index contributed by atoms with van der Waals surface area (Å²) in [6, 6.07) is 9.79. The molecule has 4 nitrogen and oxygen atoms in total. The Balaban J connectivity index is 1.70. The van der Waals surface area contributed by atoms with Crippen molar-refractivity contribution in [3.05, 3.63) is 76.8 Å². The molecule has 1 heterocycles. The van der Waals surface area contributed by atoms with Crippen LogP contribution in [0.4, 0.5) is 23.2 Å². The van der Waals surface area contributed by atoms with Crippen molar-refractivity contribution in [1.82, 2.24) is 9.78 Å². The highest BCUT2D eigenvalue weighted by atomic mass is 35.5. The second-order valence-corrected chi connectivity index (χ2v) is 6.03. The van der Waals surface area contributed by atoms with E-state index in [0.717, 1.165) is 12.3 Å². The molecule has 2 aromatic carbocycles. The summed E-state index contributed by atoms with van der Waals surface area (Å²) in [7, 11) is 0. The molecule has 9 heteroatoms. The average molecular weight is 398 g/mol. The molecule has 1 N–H and O–H groups in total.